The summed E-state index contributed by atoms with van der Waals surface area (Å²) in [5.41, 5.74) is 0. The van der Waals surface area contributed by atoms with Crippen LogP contribution in [0.2, 0.25) is 35.5 Å². The molecule has 0 aromatic carbocycles. The van der Waals surface area contributed by atoms with Crippen molar-refractivity contribution in [3.8, 4) is 0 Å². The Kier molecular flexibility index (Phi) is 31.5. The van der Waals surface area contributed by atoms with Gasteiger partial charge in [0.25, 0.3) is 0 Å². The molecule has 0 spiro atoms. The Hall–Kier alpha value is 2.99. The third-order valence-electron chi connectivity index (χ3n) is 9.28. The summed E-state index contributed by atoms with van der Waals surface area (Å²) in [5.74, 6) is 0. The molecule has 0 amide bonds. The Morgan fingerprint density at radius 1 is 0.311 bits per heavy atom. The molecular weight excluding hydrogens is 987 g/mol. The van der Waals surface area contributed by atoms with Crippen molar-refractivity contribution in [2.75, 3.05) is 13.2 Å². The van der Waals surface area contributed by atoms with Gasteiger partial charge in [0.15, 0.2) is 0 Å². The van der Waals surface area contributed by atoms with Gasteiger partial charge in [-0.2, -0.15) is 0 Å². The van der Waals surface area contributed by atoms with Gasteiger partial charge < -0.3 is 0 Å². The molecule has 0 aromatic heterocycles. The zero-order valence-electron chi connectivity index (χ0n) is 32.4. The van der Waals surface area contributed by atoms with Gasteiger partial charge in [0.05, 0.1) is 0 Å². The van der Waals surface area contributed by atoms with E-state index in [1.54, 1.807) is 0 Å². The maximum absolute atomic E-state index is 8.28. The van der Waals surface area contributed by atoms with Crippen LogP contribution in [0.3, 0.4) is 0 Å². The molecule has 0 aliphatic heterocycles. The minimum atomic E-state index is -3.84. The van der Waals surface area contributed by atoms with Crippen LogP contribution in [0, 0.1) is 0 Å². The maximum atomic E-state index is 8.28. The van der Waals surface area contributed by atoms with E-state index in [0.29, 0.717) is 13.2 Å². The molecule has 0 radical (unpaired) electrons. The SMILES string of the molecule is CCC[CH2][Sn]([CH2]CCC)([CH2]CCC)[O][Sn]([CH2]CCC)([CH2]CCC)[O][Sn]([CH2]CCC)([CH2]CCC)[O][Sn]([CH2]CCC)([O]CC)[O]CC. The average Bonchev–Trinajstić information content (AvgIpc) is 3.04. The summed E-state index contributed by atoms with van der Waals surface area (Å²) in [4.78, 5) is 0. The van der Waals surface area contributed by atoms with Gasteiger partial charge in [-0.05, 0) is 0 Å². The molecule has 0 fully saturated rings. The summed E-state index contributed by atoms with van der Waals surface area (Å²) in [5, 5.41) is 0. The van der Waals surface area contributed by atoms with E-state index in [9.17, 15) is 0 Å². The van der Waals surface area contributed by atoms with Gasteiger partial charge in [-0.3, -0.25) is 0 Å². The Balaban J connectivity index is 7.39. The van der Waals surface area contributed by atoms with Crippen LogP contribution in [-0.4, -0.2) is 90.0 Å². The van der Waals surface area contributed by atoms with Crippen molar-refractivity contribution in [2.45, 2.75) is 207 Å². The van der Waals surface area contributed by atoms with Crippen LogP contribution in [0.5, 0.6) is 0 Å². The van der Waals surface area contributed by atoms with E-state index < -0.39 is 76.8 Å². The molecule has 45 heavy (non-hydrogen) atoms. The van der Waals surface area contributed by atoms with Crippen LogP contribution in [0.25, 0.3) is 0 Å². The predicted molar refractivity (Wildman–Crippen MR) is 207 cm³/mol. The fourth-order valence-electron chi connectivity index (χ4n) is 6.66. The molecule has 0 unspecified atom stereocenters. The summed E-state index contributed by atoms with van der Waals surface area (Å²) in [6.45, 7) is 24.5. The molecule has 0 saturated heterocycles. The van der Waals surface area contributed by atoms with Crippen LogP contribution >= 0.6 is 0 Å². The molecule has 272 valence electrons. The summed E-state index contributed by atoms with van der Waals surface area (Å²) in [7, 11) is 0. The van der Waals surface area contributed by atoms with Gasteiger partial charge >= 0.3 is 308 Å². The molecule has 0 heterocycles. The average molecular weight is 1070 g/mol. The standard InChI is InChI=1S/8C4H9.2C2H5O.3O.4Sn/c8*1-3-4-2;2*1-2-3;;;;;;;/h8*1,3-4H2,2H3;2*2H2,1H3;;;;;;;/q;;;;;;;;2*-1;;;;;;;+2. The molecule has 0 aliphatic carbocycles. The Morgan fingerprint density at radius 3 is 0.911 bits per heavy atom. The fraction of sp³-hybridized carbons (Fsp3) is 1.00. The minimum absolute atomic E-state index is 0.685. The van der Waals surface area contributed by atoms with E-state index in [-0.39, 0.29) is 0 Å². The number of rotatable bonds is 34. The Morgan fingerprint density at radius 2 is 0.600 bits per heavy atom. The quantitative estimate of drug-likeness (QED) is 0.0601. The van der Waals surface area contributed by atoms with E-state index in [0.717, 1.165) is 26.2 Å². The van der Waals surface area contributed by atoms with Crippen molar-refractivity contribution >= 4 is 76.8 Å². The fourth-order valence-corrected chi connectivity index (χ4v) is 122. The third kappa shape index (κ3) is 20.0. The molecule has 0 rings (SSSR count). The zero-order valence-corrected chi connectivity index (χ0v) is 43.8. The van der Waals surface area contributed by atoms with Crippen LogP contribution in [-0.2, 0) is 10.4 Å². The topological polar surface area (TPSA) is 46.2 Å². The van der Waals surface area contributed by atoms with E-state index in [1.807, 2.05) is 0 Å². The normalized spacial score (nSPS) is 13.2. The van der Waals surface area contributed by atoms with E-state index in [2.05, 4.69) is 69.2 Å². The molecule has 0 aliphatic rings. The number of hydrogen-bond acceptors (Lipinski definition) is 5. The van der Waals surface area contributed by atoms with Crippen LogP contribution in [0.4, 0.5) is 0 Å². The van der Waals surface area contributed by atoms with Gasteiger partial charge in [0.1, 0.15) is 0 Å². The molecule has 9 heteroatoms. The van der Waals surface area contributed by atoms with Crippen molar-refractivity contribution in [3.05, 3.63) is 0 Å². The Bertz CT molecular complexity index is 626. The molecular formula is C36H82O5Sn4. The van der Waals surface area contributed by atoms with E-state index >= 15 is 0 Å². The first-order valence-electron chi connectivity index (χ1n) is 20.1. The molecule has 0 aromatic rings. The van der Waals surface area contributed by atoms with Crippen molar-refractivity contribution in [1.82, 2.24) is 0 Å². The van der Waals surface area contributed by atoms with Crippen molar-refractivity contribution in [3.63, 3.8) is 0 Å². The van der Waals surface area contributed by atoms with E-state index in [1.165, 1.54) is 112 Å². The second kappa shape index (κ2) is 29.6. The predicted octanol–water partition coefficient (Wildman–Crippen LogP) is 13.3. The summed E-state index contributed by atoms with van der Waals surface area (Å²) >= 11 is -14.1. The van der Waals surface area contributed by atoms with Crippen molar-refractivity contribution < 1.29 is 10.4 Å². The van der Waals surface area contributed by atoms with Gasteiger partial charge in [-0.15, -0.1) is 0 Å². The summed E-state index contributed by atoms with van der Waals surface area (Å²) in [6, 6.07) is 0. The summed E-state index contributed by atoms with van der Waals surface area (Å²) in [6.07, 6.45) is 19.9. The second-order valence-electron chi connectivity index (χ2n) is 13.7. The van der Waals surface area contributed by atoms with Crippen LogP contribution in [0.15, 0.2) is 0 Å². The Labute approximate surface area is 304 Å². The molecule has 0 bridgehead atoms. The summed E-state index contributed by atoms with van der Waals surface area (Å²) < 4.78 is 47.9. The molecule has 5 nitrogen and oxygen atoms in total. The monoisotopic (exact) mass is 1070 g/mol. The first kappa shape index (κ1) is 48.0. The van der Waals surface area contributed by atoms with E-state index in [4.69, 9.17) is 10.4 Å². The first-order valence-corrected chi connectivity index (χ1v) is 45.6. The molecule has 0 atom stereocenters. The van der Waals surface area contributed by atoms with Gasteiger partial charge in [-0.1, -0.05) is 0 Å². The van der Waals surface area contributed by atoms with Crippen LogP contribution < -0.4 is 0 Å². The molecule has 0 N–H and O–H groups in total. The van der Waals surface area contributed by atoms with Gasteiger partial charge in [0, 0.05) is 0 Å². The number of hydrogen-bond donors (Lipinski definition) is 0. The van der Waals surface area contributed by atoms with Crippen molar-refractivity contribution in [2.24, 2.45) is 0 Å². The van der Waals surface area contributed by atoms with Gasteiger partial charge in [-0.25, -0.2) is 0 Å². The third-order valence-corrected chi connectivity index (χ3v) is 88.9. The molecule has 0 saturated carbocycles. The second-order valence-corrected chi connectivity index (χ2v) is 61.3. The van der Waals surface area contributed by atoms with Crippen LogP contribution in [0.1, 0.15) is 172 Å². The van der Waals surface area contributed by atoms with Gasteiger partial charge in [0.2, 0.25) is 0 Å². The zero-order chi connectivity index (χ0) is 33.9. The van der Waals surface area contributed by atoms with Crippen molar-refractivity contribution in [1.29, 1.82) is 0 Å². The first-order chi connectivity index (χ1) is 21.7. The number of unbranched alkanes of at least 4 members (excludes halogenated alkanes) is 8.